The van der Waals surface area contributed by atoms with Crippen molar-refractivity contribution in [2.24, 2.45) is 0 Å². The molecule has 8 nitrogen and oxygen atoms in total. The predicted octanol–water partition coefficient (Wildman–Crippen LogP) is 4.30. The summed E-state index contributed by atoms with van der Waals surface area (Å²) >= 11 is 0. The second kappa shape index (κ2) is 9.45. The third-order valence-electron chi connectivity index (χ3n) is 4.29. The number of esters is 2. The van der Waals surface area contributed by atoms with Gasteiger partial charge in [-0.1, -0.05) is 42.5 Å². The molecule has 0 fully saturated rings. The molecule has 156 valence electrons. The van der Waals surface area contributed by atoms with Crippen molar-refractivity contribution in [1.82, 2.24) is 0 Å². The maximum atomic E-state index is 13.1. The Kier molecular flexibility index (Phi) is 6.51. The first-order valence-corrected chi connectivity index (χ1v) is 9.19. The summed E-state index contributed by atoms with van der Waals surface area (Å²) in [4.78, 5) is 47.7. The number of rotatable bonds is 7. The summed E-state index contributed by atoms with van der Waals surface area (Å²) in [7, 11) is 0. The van der Waals surface area contributed by atoms with Gasteiger partial charge in [-0.15, -0.1) is 0 Å². The molecule has 0 amide bonds. The van der Waals surface area contributed by atoms with Crippen LogP contribution in [0.1, 0.15) is 39.3 Å². The number of nitrogens with zero attached hydrogens (tertiary/aromatic N) is 1. The number of non-ortho nitro benzene ring substituents is 1. The Bertz CT molecular complexity index is 1120. The highest BCUT2D eigenvalue weighted by molar-refractivity contribution is 6.02. The van der Waals surface area contributed by atoms with Crippen molar-refractivity contribution in [2.45, 2.75) is 13.0 Å². The fourth-order valence-corrected chi connectivity index (χ4v) is 2.85. The van der Waals surface area contributed by atoms with E-state index in [0.717, 1.165) is 0 Å². The van der Waals surface area contributed by atoms with Crippen LogP contribution in [-0.2, 0) is 9.53 Å². The van der Waals surface area contributed by atoms with Crippen molar-refractivity contribution in [3.05, 3.63) is 106 Å². The number of carbonyl (C=O) groups is 3. The number of carbonyl (C=O) groups excluding carboxylic acids is 3. The third kappa shape index (κ3) is 5.18. The van der Waals surface area contributed by atoms with Gasteiger partial charge in [0.2, 0.25) is 5.78 Å². The summed E-state index contributed by atoms with van der Waals surface area (Å²) < 4.78 is 10.6. The molecule has 0 aliphatic heterocycles. The fraction of sp³-hybridized carbons (Fsp3) is 0.0870. The average Bonchev–Trinajstić information content (AvgIpc) is 2.77. The van der Waals surface area contributed by atoms with Crippen LogP contribution in [0.4, 0.5) is 5.69 Å². The maximum absolute atomic E-state index is 13.1. The van der Waals surface area contributed by atoms with Gasteiger partial charge in [0.05, 0.1) is 4.92 Å². The molecule has 0 aliphatic rings. The lowest BCUT2D eigenvalue weighted by atomic mass is 9.99. The summed E-state index contributed by atoms with van der Waals surface area (Å²) in [5.74, 6) is -2.01. The van der Waals surface area contributed by atoms with Gasteiger partial charge < -0.3 is 9.47 Å². The SMILES string of the molecule is CC(=O)Oc1ccccc1C(=O)O[C@@H](C(=O)c1ccccc1)c1ccc([N+](=O)[O-])cc1. The van der Waals surface area contributed by atoms with Crippen LogP contribution in [0, 0.1) is 10.1 Å². The molecule has 0 aromatic heterocycles. The first kappa shape index (κ1) is 21.4. The zero-order chi connectivity index (χ0) is 22.4. The molecule has 0 radical (unpaired) electrons. The Labute approximate surface area is 177 Å². The van der Waals surface area contributed by atoms with Gasteiger partial charge in [-0.25, -0.2) is 4.79 Å². The van der Waals surface area contributed by atoms with Crippen LogP contribution in [0.2, 0.25) is 0 Å². The highest BCUT2D eigenvalue weighted by Crippen LogP contribution is 2.28. The number of hydrogen-bond donors (Lipinski definition) is 0. The van der Waals surface area contributed by atoms with Crippen LogP contribution >= 0.6 is 0 Å². The monoisotopic (exact) mass is 419 g/mol. The summed E-state index contributed by atoms with van der Waals surface area (Å²) in [6.07, 6.45) is -1.36. The van der Waals surface area contributed by atoms with Crippen molar-refractivity contribution in [3.63, 3.8) is 0 Å². The molecule has 0 spiro atoms. The Morgan fingerprint density at radius 2 is 1.48 bits per heavy atom. The molecule has 3 aromatic rings. The number of hydrogen-bond acceptors (Lipinski definition) is 7. The minimum absolute atomic E-state index is 0.00499. The van der Waals surface area contributed by atoms with E-state index in [-0.39, 0.29) is 22.6 Å². The van der Waals surface area contributed by atoms with E-state index in [0.29, 0.717) is 5.56 Å². The molecule has 0 saturated heterocycles. The van der Waals surface area contributed by atoms with Crippen molar-refractivity contribution in [1.29, 1.82) is 0 Å². The van der Waals surface area contributed by atoms with Crippen LogP contribution in [0.3, 0.4) is 0 Å². The lowest BCUT2D eigenvalue weighted by Gasteiger charge is -2.18. The lowest BCUT2D eigenvalue weighted by Crippen LogP contribution is -2.21. The second-order valence-corrected chi connectivity index (χ2v) is 6.45. The topological polar surface area (TPSA) is 113 Å². The first-order chi connectivity index (χ1) is 14.9. The van der Waals surface area contributed by atoms with E-state index in [9.17, 15) is 24.5 Å². The van der Waals surface area contributed by atoms with Gasteiger partial charge in [0, 0.05) is 30.2 Å². The molecule has 8 heteroatoms. The van der Waals surface area contributed by atoms with E-state index < -0.39 is 28.7 Å². The number of ketones is 1. The van der Waals surface area contributed by atoms with E-state index in [1.807, 2.05) is 0 Å². The van der Waals surface area contributed by atoms with Crippen LogP contribution in [0.25, 0.3) is 0 Å². The van der Waals surface area contributed by atoms with Gasteiger partial charge >= 0.3 is 11.9 Å². The van der Waals surface area contributed by atoms with E-state index in [1.165, 1.54) is 43.3 Å². The standard InChI is InChI=1S/C23H17NO7/c1-15(25)30-20-10-6-5-9-19(20)23(27)31-22(21(26)16-7-3-2-4-8-16)17-11-13-18(14-12-17)24(28)29/h2-14,22H,1H3/t22-/m1/s1. The van der Waals surface area contributed by atoms with Crippen LogP contribution in [0.5, 0.6) is 5.75 Å². The summed E-state index contributed by atoms with van der Waals surface area (Å²) in [5.41, 5.74) is 0.358. The number of ether oxygens (including phenoxy) is 2. The largest absolute Gasteiger partial charge is 0.445 e. The first-order valence-electron chi connectivity index (χ1n) is 9.19. The Hall–Kier alpha value is -4.33. The normalized spacial score (nSPS) is 11.3. The number of nitro benzene ring substituents is 1. The smallest absolute Gasteiger partial charge is 0.343 e. The number of nitro groups is 1. The highest BCUT2D eigenvalue weighted by Gasteiger charge is 2.28. The molecule has 0 bridgehead atoms. The minimum atomic E-state index is -1.36. The third-order valence-corrected chi connectivity index (χ3v) is 4.29. The molecule has 0 heterocycles. The van der Waals surface area contributed by atoms with E-state index >= 15 is 0 Å². The molecule has 0 aliphatic carbocycles. The molecular weight excluding hydrogens is 402 g/mol. The summed E-state index contributed by atoms with van der Waals surface area (Å²) in [5, 5.41) is 10.9. The second-order valence-electron chi connectivity index (χ2n) is 6.45. The van der Waals surface area contributed by atoms with Gasteiger partial charge in [-0.3, -0.25) is 19.7 Å². The van der Waals surface area contributed by atoms with Crippen LogP contribution in [0.15, 0.2) is 78.9 Å². The van der Waals surface area contributed by atoms with Crippen molar-refractivity contribution >= 4 is 23.4 Å². The molecule has 0 unspecified atom stereocenters. The number of para-hydroxylation sites is 1. The van der Waals surface area contributed by atoms with Crippen LogP contribution in [-0.4, -0.2) is 22.6 Å². The van der Waals surface area contributed by atoms with Gasteiger partial charge in [-0.2, -0.15) is 0 Å². The molecular formula is C23H17NO7. The summed E-state index contributed by atoms with van der Waals surface area (Å²) in [6, 6.07) is 19.3. The molecule has 1 atom stereocenters. The molecule has 3 aromatic carbocycles. The van der Waals surface area contributed by atoms with E-state index in [4.69, 9.17) is 9.47 Å². The lowest BCUT2D eigenvalue weighted by molar-refractivity contribution is -0.384. The number of benzene rings is 3. The van der Waals surface area contributed by atoms with Crippen molar-refractivity contribution < 1.29 is 28.8 Å². The Balaban J connectivity index is 1.97. The zero-order valence-electron chi connectivity index (χ0n) is 16.4. The quantitative estimate of drug-likeness (QED) is 0.184. The maximum Gasteiger partial charge on any atom is 0.343 e. The van der Waals surface area contributed by atoms with Crippen LogP contribution < -0.4 is 4.74 Å². The van der Waals surface area contributed by atoms with Crippen molar-refractivity contribution in [2.75, 3.05) is 0 Å². The summed E-state index contributed by atoms with van der Waals surface area (Å²) in [6.45, 7) is 1.20. The van der Waals surface area contributed by atoms with Gasteiger partial charge in [-0.05, 0) is 24.3 Å². The molecule has 0 saturated carbocycles. The van der Waals surface area contributed by atoms with E-state index in [1.54, 1.807) is 42.5 Å². The van der Waals surface area contributed by atoms with Gasteiger partial charge in [0.25, 0.3) is 5.69 Å². The Morgan fingerprint density at radius 1 is 0.871 bits per heavy atom. The van der Waals surface area contributed by atoms with Gasteiger partial charge in [0.15, 0.2) is 6.10 Å². The van der Waals surface area contributed by atoms with Crippen molar-refractivity contribution in [3.8, 4) is 5.75 Å². The van der Waals surface area contributed by atoms with Gasteiger partial charge in [0.1, 0.15) is 11.3 Å². The Morgan fingerprint density at radius 3 is 2.10 bits per heavy atom. The molecule has 3 rings (SSSR count). The minimum Gasteiger partial charge on any atom is -0.445 e. The molecule has 0 N–H and O–H groups in total. The highest BCUT2D eigenvalue weighted by atomic mass is 16.6. The predicted molar refractivity (Wildman–Crippen MR) is 110 cm³/mol. The zero-order valence-corrected chi connectivity index (χ0v) is 16.4. The fourth-order valence-electron chi connectivity index (χ4n) is 2.85. The number of Topliss-reactive ketones (excluding diaryl/α,β-unsaturated/α-hetero) is 1. The van der Waals surface area contributed by atoms with E-state index in [2.05, 4.69) is 0 Å². The molecule has 31 heavy (non-hydrogen) atoms. The average molecular weight is 419 g/mol.